The minimum absolute atomic E-state index is 0.0779. The standard InChI is InChI=1S/C37H29N5O6S/c38-34(43)26-13-15-28(16-14-26)40-37(46)33(25-7-3-1-4-8-25)49-31-21-17-29(18-22-31)39-36(45)32(41-35(44)27-9-5-2-6-10-27)23-24-11-19-30(20-12-24)42(47)48/h1-23,33H,(H2,38,43)(H,39,45)(H,40,46)(H,41,44)/b32-23-. The molecule has 0 heterocycles. The number of thioether (sulfide) groups is 1. The highest BCUT2D eigenvalue weighted by Gasteiger charge is 2.23. The third kappa shape index (κ3) is 9.27. The number of amides is 4. The Morgan fingerprint density at radius 3 is 1.86 bits per heavy atom. The number of nitro groups is 1. The van der Waals surface area contributed by atoms with Crippen molar-refractivity contribution in [1.82, 2.24) is 5.32 Å². The molecule has 0 bridgehead atoms. The molecule has 5 rings (SSSR count). The smallest absolute Gasteiger partial charge is 0.272 e. The Morgan fingerprint density at radius 1 is 0.694 bits per heavy atom. The molecule has 12 heteroatoms. The predicted octanol–water partition coefficient (Wildman–Crippen LogP) is 6.58. The molecular formula is C37H29N5O6S. The van der Waals surface area contributed by atoms with Gasteiger partial charge in [0.05, 0.1) is 4.92 Å². The van der Waals surface area contributed by atoms with E-state index in [4.69, 9.17) is 5.73 Å². The number of hydrogen-bond donors (Lipinski definition) is 4. The Kier molecular flexibility index (Phi) is 10.9. The van der Waals surface area contributed by atoms with Crippen molar-refractivity contribution in [2.75, 3.05) is 10.6 Å². The van der Waals surface area contributed by atoms with Crippen LogP contribution in [0.4, 0.5) is 17.1 Å². The first-order valence-electron chi connectivity index (χ1n) is 14.8. The Bertz CT molecular complexity index is 2000. The Balaban J connectivity index is 1.32. The normalized spacial score (nSPS) is 11.6. The molecule has 4 amide bonds. The highest BCUT2D eigenvalue weighted by Crippen LogP contribution is 2.37. The summed E-state index contributed by atoms with van der Waals surface area (Å²) < 4.78 is 0. The number of nitrogens with two attached hydrogens (primary N) is 1. The van der Waals surface area contributed by atoms with E-state index in [1.54, 1.807) is 66.7 Å². The number of carbonyl (C=O) groups is 4. The lowest BCUT2D eigenvalue weighted by Gasteiger charge is -2.18. The van der Waals surface area contributed by atoms with Crippen LogP contribution in [0.1, 0.15) is 37.1 Å². The summed E-state index contributed by atoms with van der Waals surface area (Å²) in [6, 6.07) is 36.3. The van der Waals surface area contributed by atoms with Crippen molar-refractivity contribution in [2.45, 2.75) is 10.1 Å². The van der Waals surface area contributed by atoms with E-state index in [-0.39, 0.29) is 17.3 Å². The van der Waals surface area contributed by atoms with Crippen molar-refractivity contribution in [3.05, 3.63) is 172 Å². The highest BCUT2D eigenvalue weighted by molar-refractivity contribution is 8.00. The van der Waals surface area contributed by atoms with E-state index in [1.807, 2.05) is 30.3 Å². The van der Waals surface area contributed by atoms with Gasteiger partial charge in [0.15, 0.2) is 0 Å². The molecule has 0 saturated heterocycles. The number of anilines is 2. The van der Waals surface area contributed by atoms with Crippen LogP contribution in [-0.2, 0) is 9.59 Å². The number of carbonyl (C=O) groups excluding carboxylic acids is 4. The third-order valence-corrected chi connectivity index (χ3v) is 8.35. The van der Waals surface area contributed by atoms with Crippen molar-refractivity contribution >= 4 is 58.5 Å². The van der Waals surface area contributed by atoms with Gasteiger partial charge in [-0.1, -0.05) is 48.5 Å². The van der Waals surface area contributed by atoms with Crippen LogP contribution in [0.2, 0.25) is 0 Å². The number of nitrogens with one attached hydrogen (secondary N) is 3. The fraction of sp³-hybridized carbons (Fsp3) is 0.0270. The molecule has 1 unspecified atom stereocenters. The van der Waals surface area contributed by atoms with Gasteiger partial charge in [0.1, 0.15) is 10.9 Å². The van der Waals surface area contributed by atoms with Crippen LogP contribution in [0.3, 0.4) is 0 Å². The molecule has 244 valence electrons. The summed E-state index contributed by atoms with van der Waals surface area (Å²) in [6.45, 7) is 0. The quantitative estimate of drug-likeness (QED) is 0.0502. The van der Waals surface area contributed by atoms with Crippen LogP contribution in [0, 0.1) is 10.1 Å². The molecule has 0 aliphatic carbocycles. The first kappa shape index (κ1) is 33.8. The molecule has 11 nitrogen and oxygen atoms in total. The number of non-ortho nitro benzene ring substituents is 1. The molecule has 5 aromatic rings. The van der Waals surface area contributed by atoms with Gasteiger partial charge in [-0.25, -0.2) is 0 Å². The van der Waals surface area contributed by atoms with Crippen molar-refractivity contribution in [1.29, 1.82) is 0 Å². The predicted molar refractivity (Wildman–Crippen MR) is 189 cm³/mol. The monoisotopic (exact) mass is 671 g/mol. The van der Waals surface area contributed by atoms with E-state index < -0.39 is 27.9 Å². The van der Waals surface area contributed by atoms with Gasteiger partial charge >= 0.3 is 0 Å². The second kappa shape index (κ2) is 15.8. The molecule has 49 heavy (non-hydrogen) atoms. The molecule has 0 aliphatic rings. The Morgan fingerprint density at radius 2 is 1.27 bits per heavy atom. The lowest BCUT2D eigenvalue weighted by molar-refractivity contribution is -0.384. The molecule has 0 spiro atoms. The fourth-order valence-corrected chi connectivity index (χ4v) is 5.60. The second-order valence-electron chi connectivity index (χ2n) is 10.5. The molecule has 5 N–H and O–H groups in total. The first-order chi connectivity index (χ1) is 23.7. The number of hydrogen-bond acceptors (Lipinski definition) is 7. The average Bonchev–Trinajstić information content (AvgIpc) is 3.12. The van der Waals surface area contributed by atoms with E-state index in [1.165, 1.54) is 54.2 Å². The summed E-state index contributed by atoms with van der Waals surface area (Å²) in [5.74, 6) is -1.98. The van der Waals surface area contributed by atoms with Crippen LogP contribution in [0.5, 0.6) is 0 Å². The topological polar surface area (TPSA) is 174 Å². The zero-order valence-corrected chi connectivity index (χ0v) is 26.6. The summed E-state index contributed by atoms with van der Waals surface area (Å²) in [7, 11) is 0. The van der Waals surface area contributed by atoms with E-state index >= 15 is 0 Å². The summed E-state index contributed by atoms with van der Waals surface area (Å²) in [6.07, 6.45) is 1.43. The third-order valence-electron chi connectivity index (χ3n) is 7.09. The van der Waals surface area contributed by atoms with Crippen LogP contribution in [-0.4, -0.2) is 28.6 Å². The van der Waals surface area contributed by atoms with Crippen molar-refractivity contribution in [3.63, 3.8) is 0 Å². The minimum atomic E-state index is -0.637. The summed E-state index contributed by atoms with van der Waals surface area (Å²) in [5, 5.41) is 18.7. The van der Waals surface area contributed by atoms with Crippen molar-refractivity contribution in [2.24, 2.45) is 5.73 Å². The van der Waals surface area contributed by atoms with Gasteiger partial charge in [0.25, 0.3) is 17.5 Å². The molecule has 0 aromatic heterocycles. The second-order valence-corrected chi connectivity index (χ2v) is 11.7. The Labute approximate surface area is 285 Å². The van der Waals surface area contributed by atoms with Gasteiger partial charge < -0.3 is 21.7 Å². The molecule has 5 aromatic carbocycles. The zero-order chi connectivity index (χ0) is 34.8. The van der Waals surface area contributed by atoms with Crippen LogP contribution in [0.15, 0.2) is 144 Å². The minimum Gasteiger partial charge on any atom is -0.366 e. The maximum absolute atomic E-state index is 13.5. The number of nitrogens with zero attached hydrogens (tertiary/aromatic N) is 1. The maximum atomic E-state index is 13.5. The van der Waals surface area contributed by atoms with Gasteiger partial charge in [-0.2, -0.15) is 0 Å². The van der Waals surface area contributed by atoms with E-state index in [9.17, 15) is 29.3 Å². The summed E-state index contributed by atoms with van der Waals surface area (Å²) in [5.41, 5.74) is 7.96. The van der Waals surface area contributed by atoms with Crippen molar-refractivity contribution in [3.8, 4) is 0 Å². The molecule has 0 fully saturated rings. The maximum Gasteiger partial charge on any atom is 0.272 e. The SMILES string of the molecule is NC(=O)c1ccc(NC(=O)C(Sc2ccc(NC(=O)/C(=C/c3ccc([N+](=O)[O-])cc3)NC(=O)c3ccccc3)cc2)c2ccccc2)cc1. The van der Waals surface area contributed by atoms with Crippen molar-refractivity contribution < 1.29 is 24.1 Å². The molecule has 1 atom stereocenters. The van der Waals surface area contributed by atoms with Gasteiger partial charge in [0, 0.05) is 39.5 Å². The molecule has 0 radical (unpaired) electrons. The Hall–Kier alpha value is -6.53. The molecule has 0 saturated carbocycles. The number of rotatable bonds is 12. The molecule has 0 aliphatic heterocycles. The number of nitro benzene ring substituents is 1. The molecular weight excluding hydrogens is 643 g/mol. The number of benzene rings is 5. The van der Waals surface area contributed by atoms with Gasteiger partial charge in [-0.15, -0.1) is 11.8 Å². The lowest BCUT2D eigenvalue weighted by Crippen LogP contribution is -2.30. The zero-order valence-electron chi connectivity index (χ0n) is 25.7. The van der Waals surface area contributed by atoms with E-state index in [0.29, 0.717) is 28.1 Å². The first-order valence-corrected chi connectivity index (χ1v) is 15.7. The number of primary amides is 1. The fourth-order valence-electron chi connectivity index (χ4n) is 4.58. The average molecular weight is 672 g/mol. The van der Waals surface area contributed by atoms with E-state index in [0.717, 1.165) is 10.5 Å². The largest absolute Gasteiger partial charge is 0.366 e. The van der Waals surface area contributed by atoms with Crippen LogP contribution < -0.4 is 21.7 Å². The van der Waals surface area contributed by atoms with Gasteiger partial charge in [-0.3, -0.25) is 29.3 Å². The summed E-state index contributed by atoms with van der Waals surface area (Å²) >= 11 is 1.31. The lowest BCUT2D eigenvalue weighted by atomic mass is 10.1. The van der Waals surface area contributed by atoms with E-state index in [2.05, 4.69) is 16.0 Å². The van der Waals surface area contributed by atoms with Crippen LogP contribution >= 0.6 is 11.8 Å². The highest BCUT2D eigenvalue weighted by atomic mass is 32.2. The summed E-state index contributed by atoms with van der Waals surface area (Å²) in [4.78, 5) is 62.6. The van der Waals surface area contributed by atoms with Gasteiger partial charge in [0.2, 0.25) is 11.8 Å². The van der Waals surface area contributed by atoms with Gasteiger partial charge in [-0.05, 0) is 90.0 Å². The van der Waals surface area contributed by atoms with Crippen LogP contribution in [0.25, 0.3) is 6.08 Å².